The zero-order valence-corrected chi connectivity index (χ0v) is 23.1. The van der Waals surface area contributed by atoms with Crippen molar-refractivity contribution in [2.75, 3.05) is 32.8 Å². The molecule has 40 heavy (non-hydrogen) atoms. The van der Waals surface area contributed by atoms with E-state index in [4.69, 9.17) is 4.74 Å². The number of hydrogen-bond acceptors (Lipinski definition) is 4. The number of rotatable bonds is 12. The molecule has 1 aliphatic heterocycles. The summed E-state index contributed by atoms with van der Waals surface area (Å²) in [5, 5.41) is 11.9. The molecule has 1 aromatic heterocycles. The highest BCUT2D eigenvalue weighted by molar-refractivity contribution is 6.01. The molecule has 2 heterocycles. The lowest BCUT2D eigenvalue weighted by atomic mass is 9.73. The van der Waals surface area contributed by atoms with Crippen LogP contribution in [0.4, 0.5) is 0 Å². The molecule has 0 spiro atoms. The number of H-pyrrole nitrogens is 1. The van der Waals surface area contributed by atoms with Crippen molar-refractivity contribution in [3.8, 4) is 5.75 Å². The van der Waals surface area contributed by atoms with Gasteiger partial charge in [-0.2, -0.15) is 5.10 Å². The summed E-state index contributed by atoms with van der Waals surface area (Å²) in [5.41, 5.74) is 8.66. The Balaban J connectivity index is 1.18. The van der Waals surface area contributed by atoms with Crippen molar-refractivity contribution >= 4 is 22.0 Å². The Morgan fingerprint density at radius 3 is 2.50 bits per heavy atom. The summed E-state index contributed by atoms with van der Waals surface area (Å²) in [5.74, 6) is 1.46. The average Bonchev–Trinajstić information content (AvgIpc) is 3.40. The number of aromatic amines is 1. The number of nitrogens with zero attached hydrogens (tertiary/aromatic N) is 2. The van der Waals surface area contributed by atoms with E-state index in [0.29, 0.717) is 12.5 Å². The molecule has 4 aromatic rings. The van der Waals surface area contributed by atoms with Gasteiger partial charge in [-0.05, 0) is 83.4 Å². The SMILES string of the molecule is C=C(/C=C/CNCCOc1ccc(/C(=C(\c2ccccc2)C2CCC2)c2ccc3[nH]ncc3c2)cc1)N1CCC1. The molecule has 0 amide bonds. The highest BCUT2D eigenvalue weighted by Crippen LogP contribution is 2.45. The second-order valence-electron chi connectivity index (χ2n) is 10.8. The highest BCUT2D eigenvalue weighted by atomic mass is 16.5. The first-order chi connectivity index (χ1) is 19.8. The first-order valence-electron chi connectivity index (χ1n) is 14.5. The summed E-state index contributed by atoms with van der Waals surface area (Å²) in [6, 6.07) is 26.2. The van der Waals surface area contributed by atoms with Crippen LogP contribution in [-0.2, 0) is 0 Å². The first-order valence-corrected chi connectivity index (χ1v) is 14.5. The molecule has 1 saturated carbocycles. The minimum absolute atomic E-state index is 0.566. The standard InChI is InChI=1S/C35H38N4O/c1-26(39-21-7-22-39)8-6-19-36-20-23-40-32-16-13-29(14-17-32)35(30-15-18-33-31(24-30)25-37-38-33)34(28-11-5-12-28)27-9-3-2-4-10-27/h2-4,6,8-10,13-18,24-25,28,36H,1,5,7,11-12,19-23H2,(H,37,38)/b8-6+,35-34-. The minimum atomic E-state index is 0.566. The van der Waals surface area contributed by atoms with E-state index in [1.54, 1.807) is 0 Å². The van der Waals surface area contributed by atoms with Crippen molar-refractivity contribution in [1.29, 1.82) is 0 Å². The van der Waals surface area contributed by atoms with Gasteiger partial charge in [0.25, 0.3) is 0 Å². The predicted octanol–water partition coefficient (Wildman–Crippen LogP) is 7.07. The van der Waals surface area contributed by atoms with Crippen molar-refractivity contribution < 1.29 is 4.74 Å². The highest BCUT2D eigenvalue weighted by Gasteiger charge is 2.27. The quantitative estimate of drug-likeness (QED) is 0.117. The van der Waals surface area contributed by atoms with Gasteiger partial charge in [0, 0.05) is 37.3 Å². The fourth-order valence-electron chi connectivity index (χ4n) is 5.52. The third-order valence-corrected chi connectivity index (χ3v) is 8.12. The number of fused-ring (bicyclic) bond motifs is 1. The van der Waals surface area contributed by atoms with Gasteiger partial charge in [0.2, 0.25) is 0 Å². The van der Waals surface area contributed by atoms with Crippen LogP contribution in [0.15, 0.2) is 103 Å². The maximum Gasteiger partial charge on any atom is 0.119 e. The molecule has 0 atom stereocenters. The average molecular weight is 531 g/mol. The van der Waals surface area contributed by atoms with Gasteiger partial charge in [0.1, 0.15) is 12.4 Å². The van der Waals surface area contributed by atoms with Gasteiger partial charge in [0.05, 0.1) is 11.7 Å². The second-order valence-corrected chi connectivity index (χ2v) is 10.8. The van der Waals surface area contributed by atoms with E-state index in [-0.39, 0.29) is 0 Å². The lowest BCUT2D eigenvalue weighted by Crippen LogP contribution is -2.35. The third kappa shape index (κ3) is 5.90. The topological polar surface area (TPSA) is 53.2 Å². The normalized spacial score (nSPS) is 16.1. The number of benzene rings is 3. The number of aromatic nitrogens is 2. The Bertz CT molecular complexity index is 1490. The Hall–Kier alpha value is -4.09. The maximum atomic E-state index is 6.07. The van der Waals surface area contributed by atoms with Crippen molar-refractivity contribution in [2.45, 2.75) is 25.7 Å². The maximum absolute atomic E-state index is 6.07. The molecule has 204 valence electrons. The van der Waals surface area contributed by atoms with Gasteiger partial charge >= 0.3 is 0 Å². The fourth-order valence-corrected chi connectivity index (χ4v) is 5.52. The lowest BCUT2D eigenvalue weighted by molar-refractivity contribution is 0.247. The van der Waals surface area contributed by atoms with Gasteiger partial charge in [0.15, 0.2) is 0 Å². The third-order valence-electron chi connectivity index (χ3n) is 8.12. The van der Waals surface area contributed by atoms with E-state index in [2.05, 4.69) is 112 Å². The van der Waals surface area contributed by atoms with Gasteiger partial charge < -0.3 is 15.0 Å². The molecule has 1 aliphatic carbocycles. The first kappa shape index (κ1) is 26.1. The van der Waals surface area contributed by atoms with Crippen LogP contribution >= 0.6 is 0 Å². The van der Waals surface area contributed by atoms with E-state index >= 15 is 0 Å². The van der Waals surface area contributed by atoms with Crippen molar-refractivity contribution in [1.82, 2.24) is 20.4 Å². The van der Waals surface area contributed by atoms with E-state index in [9.17, 15) is 0 Å². The predicted molar refractivity (Wildman–Crippen MR) is 165 cm³/mol. The zero-order chi connectivity index (χ0) is 27.1. The van der Waals surface area contributed by atoms with E-state index in [1.807, 2.05) is 6.20 Å². The summed E-state index contributed by atoms with van der Waals surface area (Å²) < 4.78 is 6.07. The van der Waals surface area contributed by atoms with Crippen molar-refractivity contribution in [2.24, 2.45) is 5.92 Å². The summed E-state index contributed by atoms with van der Waals surface area (Å²) in [6.07, 6.45) is 11.2. The molecular weight excluding hydrogens is 492 g/mol. The molecular formula is C35H38N4O. The van der Waals surface area contributed by atoms with Crippen LogP contribution in [0.25, 0.3) is 22.0 Å². The minimum Gasteiger partial charge on any atom is -0.492 e. The Morgan fingerprint density at radius 1 is 0.975 bits per heavy atom. The van der Waals surface area contributed by atoms with Crippen LogP contribution in [0.1, 0.15) is 42.4 Å². The van der Waals surface area contributed by atoms with Crippen LogP contribution in [0.2, 0.25) is 0 Å². The molecule has 2 aliphatic rings. The van der Waals surface area contributed by atoms with Gasteiger partial charge in [-0.15, -0.1) is 0 Å². The molecule has 0 unspecified atom stereocenters. The van der Waals surface area contributed by atoms with Crippen LogP contribution in [0.3, 0.4) is 0 Å². The van der Waals surface area contributed by atoms with Gasteiger partial charge in [-0.1, -0.05) is 67.6 Å². The number of hydrogen-bond donors (Lipinski definition) is 2. The lowest BCUT2D eigenvalue weighted by Gasteiger charge is -2.33. The van der Waals surface area contributed by atoms with Gasteiger partial charge in [-0.25, -0.2) is 0 Å². The molecule has 2 N–H and O–H groups in total. The summed E-state index contributed by atoms with van der Waals surface area (Å²) in [7, 11) is 0. The molecule has 0 radical (unpaired) electrons. The number of likely N-dealkylation sites (tertiary alicyclic amines) is 1. The van der Waals surface area contributed by atoms with Crippen molar-refractivity contribution in [3.05, 3.63) is 120 Å². The molecule has 1 saturated heterocycles. The summed E-state index contributed by atoms with van der Waals surface area (Å²) in [6.45, 7) is 8.62. The smallest absolute Gasteiger partial charge is 0.119 e. The zero-order valence-electron chi connectivity index (χ0n) is 23.1. The number of nitrogens with one attached hydrogen (secondary N) is 2. The molecule has 2 fully saturated rings. The Labute approximate surface area is 237 Å². The fraction of sp³-hybridized carbons (Fsp3) is 0.286. The molecule has 5 heteroatoms. The largest absolute Gasteiger partial charge is 0.492 e. The molecule has 5 nitrogen and oxygen atoms in total. The van der Waals surface area contributed by atoms with E-state index < -0.39 is 0 Å². The van der Waals surface area contributed by atoms with Gasteiger partial charge in [-0.3, -0.25) is 5.10 Å². The van der Waals surface area contributed by atoms with Crippen LogP contribution in [0.5, 0.6) is 5.75 Å². The van der Waals surface area contributed by atoms with Crippen molar-refractivity contribution in [3.63, 3.8) is 0 Å². The molecule has 3 aromatic carbocycles. The monoisotopic (exact) mass is 530 g/mol. The Morgan fingerprint density at radius 2 is 1.77 bits per heavy atom. The number of ether oxygens (including phenoxy) is 1. The van der Waals surface area contributed by atoms with E-state index in [1.165, 1.54) is 53.5 Å². The summed E-state index contributed by atoms with van der Waals surface area (Å²) >= 11 is 0. The number of allylic oxidation sites excluding steroid dienone is 2. The summed E-state index contributed by atoms with van der Waals surface area (Å²) in [4.78, 5) is 2.30. The molecule has 0 bridgehead atoms. The van der Waals surface area contributed by atoms with E-state index in [0.717, 1.165) is 48.5 Å². The molecule has 6 rings (SSSR count). The van der Waals surface area contributed by atoms with Crippen LogP contribution in [-0.4, -0.2) is 47.9 Å². The van der Waals surface area contributed by atoms with Crippen LogP contribution in [0, 0.1) is 5.92 Å². The van der Waals surface area contributed by atoms with Crippen LogP contribution < -0.4 is 10.1 Å². The second kappa shape index (κ2) is 12.4. The Kier molecular flexibility index (Phi) is 8.10.